The smallest absolute Gasteiger partial charge is 0.273 e. The number of hydrogen-bond acceptors (Lipinski definition) is 6. The molecule has 182 valence electrons. The standard InChI is InChI=1S/C26H25N7O2S/c1-26(2,3)33-22-21(36-25(29-22)30-23(34)18-7-5-4-6-8-18)20(31-33)24(35)28-15-17-9-11-19(12-10-17)32-14-13-27-16-32/h4-14,16H,15H2,1-3H3,(H,28,35)(H,29,30,34). The van der Waals surface area contributed by atoms with E-state index in [9.17, 15) is 9.59 Å². The molecular weight excluding hydrogens is 474 g/mol. The molecule has 5 aromatic rings. The summed E-state index contributed by atoms with van der Waals surface area (Å²) in [6, 6.07) is 16.8. The first-order valence-corrected chi connectivity index (χ1v) is 12.2. The Balaban J connectivity index is 1.36. The van der Waals surface area contributed by atoms with Crippen molar-refractivity contribution in [2.24, 2.45) is 0 Å². The SMILES string of the molecule is CC(C)(C)n1nc(C(=O)NCc2ccc(-n3ccnc3)cc2)c2sc(NC(=O)c3ccccc3)nc21. The summed E-state index contributed by atoms with van der Waals surface area (Å²) in [5, 5.41) is 10.8. The topological polar surface area (TPSA) is 107 Å². The molecule has 0 spiro atoms. The number of nitrogens with one attached hydrogen (secondary N) is 2. The van der Waals surface area contributed by atoms with Crippen LogP contribution in [0, 0.1) is 0 Å². The Bertz CT molecular complexity index is 1510. The molecule has 0 unspecified atom stereocenters. The van der Waals surface area contributed by atoms with Crippen LogP contribution in [0.2, 0.25) is 0 Å². The summed E-state index contributed by atoms with van der Waals surface area (Å²) in [6.45, 7) is 6.32. The van der Waals surface area contributed by atoms with Gasteiger partial charge in [0, 0.05) is 30.2 Å². The molecule has 0 bridgehead atoms. The van der Waals surface area contributed by atoms with E-state index in [0.717, 1.165) is 11.3 Å². The lowest BCUT2D eigenvalue weighted by Crippen LogP contribution is -2.26. The number of rotatable bonds is 6. The van der Waals surface area contributed by atoms with Crippen LogP contribution in [0.1, 0.15) is 47.2 Å². The van der Waals surface area contributed by atoms with Crippen LogP contribution in [0.4, 0.5) is 5.13 Å². The number of hydrogen-bond donors (Lipinski definition) is 2. The second-order valence-electron chi connectivity index (χ2n) is 9.24. The summed E-state index contributed by atoms with van der Waals surface area (Å²) in [6.07, 6.45) is 5.34. The zero-order chi connectivity index (χ0) is 25.3. The number of imidazole rings is 1. The van der Waals surface area contributed by atoms with Crippen LogP contribution in [0.3, 0.4) is 0 Å². The number of anilines is 1. The van der Waals surface area contributed by atoms with E-state index in [1.807, 2.05) is 61.9 Å². The predicted molar refractivity (Wildman–Crippen MR) is 140 cm³/mol. The van der Waals surface area contributed by atoms with Crippen molar-refractivity contribution in [3.8, 4) is 5.69 Å². The fourth-order valence-corrected chi connectivity index (χ4v) is 4.62. The van der Waals surface area contributed by atoms with Crippen LogP contribution in [-0.4, -0.2) is 36.1 Å². The summed E-state index contributed by atoms with van der Waals surface area (Å²) in [5.41, 5.74) is 2.92. The van der Waals surface area contributed by atoms with E-state index in [2.05, 4.69) is 25.7 Å². The number of benzene rings is 2. The van der Waals surface area contributed by atoms with Gasteiger partial charge in [0.15, 0.2) is 16.5 Å². The molecule has 0 aliphatic heterocycles. The second kappa shape index (κ2) is 9.38. The van der Waals surface area contributed by atoms with E-state index in [1.54, 1.807) is 41.5 Å². The van der Waals surface area contributed by atoms with Crippen molar-refractivity contribution in [1.82, 2.24) is 29.6 Å². The molecule has 2 N–H and O–H groups in total. The highest BCUT2D eigenvalue weighted by atomic mass is 32.1. The van der Waals surface area contributed by atoms with Crippen LogP contribution >= 0.6 is 11.3 Å². The summed E-state index contributed by atoms with van der Waals surface area (Å²) in [5.74, 6) is -0.557. The molecule has 0 saturated carbocycles. The van der Waals surface area contributed by atoms with Crippen LogP contribution in [-0.2, 0) is 12.1 Å². The first-order chi connectivity index (χ1) is 17.3. The molecule has 9 nitrogen and oxygen atoms in total. The Morgan fingerprint density at radius 1 is 1.00 bits per heavy atom. The van der Waals surface area contributed by atoms with Crippen molar-refractivity contribution in [1.29, 1.82) is 0 Å². The molecule has 0 fully saturated rings. The number of amides is 2. The van der Waals surface area contributed by atoms with Crippen LogP contribution in [0.5, 0.6) is 0 Å². The van der Waals surface area contributed by atoms with Gasteiger partial charge in [0.1, 0.15) is 4.70 Å². The van der Waals surface area contributed by atoms with Gasteiger partial charge in [-0.3, -0.25) is 14.9 Å². The van der Waals surface area contributed by atoms with E-state index in [4.69, 9.17) is 0 Å². The third-order valence-corrected chi connectivity index (χ3v) is 6.49. The fraction of sp³-hybridized carbons (Fsp3) is 0.192. The van der Waals surface area contributed by atoms with Gasteiger partial charge in [0.05, 0.1) is 11.9 Å². The largest absolute Gasteiger partial charge is 0.347 e. The average molecular weight is 500 g/mol. The van der Waals surface area contributed by atoms with E-state index < -0.39 is 5.54 Å². The van der Waals surface area contributed by atoms with E-state index >= 15 is 0 Å². The lowest BCUT2D eigenvalue weighted by Gasteiger charge is -2.19. The lowest BCUT2D eigenvalue weighted by molar-refractivity contribution is 0.0945. The molecule has 2 amide bonds. The average Bonchev–Trinajstić information content (AvgIpc) is 3.60. The summed E-state index contributed by atoms with van der Waals surface area (Å²) >= 11 is 1.24. The maximum atomic E-state index is 13.2. The lowest BCUT2D eigenvalue weighted by atomic mass is 10.1. The molecule has 36 heavy (non-hydrogen) atoms. The van der Waals surface area contributed by atoms with Gasteiger partial charge in [-0.1, -0.05) is 41.7 Å². The molecule has 2 aromatic carbocycles. The number of carbonyl (C=O) groups is 2. The van der Waals surface area contributed by atoms with Crippen molar-refractivity contribution in [3.05, 3.63) is 90.1 Å². The minimum Gasteiger partial charge on any atom is -0.347 e. The Morgan fingerprint density at radius 2 is 1.75 bits per heavy atom. The summed E-state index contributed by atoms with van der Waals surface area (Å²) in [4.78, 5) is 34.5. The third kappa shape index (κ3) is 4.76. The van der Waals surface area contributed by atoms with Gasteiger partial charge in [-0.05, 0) is 50.6 Å². The van der Waals surface area contributed by atoms with Gasteiger partial charge in [-0.25, -0.2) is 9.67 Å². The Morgan fingerprint density at radius 3 is 2.42 bits per heavy atom. The van der Waals surface area contributed by atoms with Gasteiger partial charge in [-0.15, -0.1) is 0 Å². The number of fused-ring (bicyclic) bond motifs is 1. The zero-order valence-corrected chi connectivity index (χ0v) is 20.9. The van der Waals surface area contributed by atoms with Gasteiger partial charge < -0.3 is 9.88 Å². The Hall–Kier alpha value is -4.31. The fourth-order valence-electron chi connectivity index (χ4n) is 3.70. The van der Waals surface area contributed by atoms with Crippen molar-refractivity contribution < 1.29 is 9.59 Å². The minimum absolute atomic E-state index is 0.257. The maximum absolute atomic E-state index is 13.2. The monoisotopic (exact) mass is 499 g/mol. The Kier molecular flexibility index (Phi) is 6.11. The molecule has 3 aromatic heterocycles. The summed E-state index contributed by atoms with van der Waals surface area (Å²) < 4.78 is 4.27. The highest BCUT2D eigenvalue weighted by Gasteiger charge is 2.27. The maximum Gasteiger partial charge on any atom is 0.273 e. The molecule has 3 heterocycles. The third-order valence-electron chi connectivity index (χ3n) is 5.52. The molecule has 0 radical (unpaired) electrons. The molecule has 0 aliphatic carbocycles. The van der Waals surface area contributed by atoms with Gasteiger partial charge in [0.2, 0.25) is 0 Å². The first kappa shape index (κ1) is 23.4. The van der Waals surface area contributed by atoms with Crippen molar-refractivity contribution in [2.75, 3.05) is 5.32 Å². The van der Waals surface area contributed by atoms with Gasteiger partial charge in [-0.2, -0.15) is 10.1 Å². The quantitative estimate of drug-likeness (QED) is 0.355. The highest BCUT2D eigenvalue weighted by Crippen LogP contribution is 2.32. The highest BCUT2D eigenvalue weighted by molar-refractivity contribution is 7.22. The second-order valence-corrected chi connectivity index (χ2v) is 10.2. The number of aromatic nitrogens is 5. The van der Waals surface area contributed by atoms with Crippen LogP contribution in [0.15, 0.2) is 73.3 Å². The minimum atomic E-state index is -0.408. The number of nitrogens with zero attached hydrogens (tertiary/aromatic N) is 5. The van der Waals surface area contributed by atoms with Gasteiger partial charge >= 0.3 is 0 Å². The van der Waals surface area contributed by atoms with Crippen LogP contribution < -0.4 is 10.6 Å². The van der Waals surface area contributed by atoms with Gasteiger partial charge in [0.25, 0.3) is 11.8 Å². The molecular formula is C26H25N7O2S. The number of thiazole rings is 1. The zero-order valence-electron chi connectivity index (χ0n) is 20.1. The molecule has 0 aliphatic rings. The van der Waals surface area contributed by atoms with Crippen LogP contribution in [0.25, 0.3) is 16.0 Å². The summed E-state index contributed by atoms with van der Waals surface area (Å²) in [7, 11) is 0. The molecule has 10 heteroatoms. The predicted octanol–water partition coefficient (Wildman–Crippen LogP) is 4.62. The van der Waals surface area contributed by atoms with Crippen molar-refractivity contribution in [2.45, 2.75) is 32.9 Å². The molecule has 5 rings (SSSR count). The van der Waals surface area contributed by atoms with E-state index in [-0.39, 0.29) is 17.5 Å². The normalized spacial score (nSPS) is 11.5. The van der Waals surface area contributed by atoms with E-state index in [1.165, 1.54) is 11.3 Å². The van der Waals surface area contributed by atoms with E-state index in [0.29, 0.717) is 27.6 Å². The molecule has 0 atom stereocenters. The Labute approximate surface area is 211 Å². The first-order valence-electron chi connectivity index (χ1n) is 11.4. The number of carbonyl (C=O) groups excluding carboxylic acids is 2. The molecule has 0 saturated heterocycles. The van der Waals surface area contributed by atoms with Crippen molar-refractivity contribution >= 4 is 38.6 Å². The van der Waals surface area contributed by atoms with Crippen molar-refractivity contribution in [3.63, 3.8) is 0 Å².